The first-order valence-electron chi connectivity index (χ1n) is 3.50. The van der Waals surface area contributed by atoms with Gasteiger partial charge in [-0.3, -0.25) is 12.9 Å². The first kappa shape index (κ1) is 13.4. The summed E-state index contributed by atoms with van der Waals surface area (Å²) in [4.78, 5) is 10.1. The third kappa shape index (κ3) is 8.70. The van der Waals surface area contributed by atoms with Crippen molar-refractivity contribution < 1.29 is 17.7 Å². The Morgan fingerprint density at radius 1 is 1.15 bits per heavy atom. The van der Waals surface area contributed by atoms with E-state index >= 15 is 0 Å². The summed E-state index contributed by atoms with van der Waals surface area (Å²) < 4.78 is 30.4. The molecule has 0 atom stereocenters. The quantitative estimate of drug-likeness (QED) is 0.504. The van der Waals surface area contributed by atoms with Crippen LogP contribution in [-0.2, 0) is 0 Å². The molecule has 0 aliphatic carbocycles. The molecule has 1 aromatic rings. The third-order valence-electron chi connectivity index (χ3n) is 1.21. The fourth-order valence-corrected chi connectivity index (χ4v) is 1.17. The molecule has 0 spiro atoms. The summed E-state index contributed by atoms with van der Waals surface area (Å²) >= 11 is 0.731. The van der Waals surface area contributed by atoms with Crippen molar-refractivity contribution in [2.75, 3.05) is 0 Å². The van der Waals surface area contributed by atoms with Gasteiger partial charge in [-0.05, 0) is 0 Å². The molecule has 0 saturated carbocycles. The fraction of sp³-hybridized carbons (Fsp3) is 0. The van der Waals surface area contributed by atoms with Gasteiger partial charge in [-0.25, -0.2) is 0 Å². The summed E-state index contributed by atoms with van der Waals surface area (Å²) in [5.74, 6) is 0. The van der Waals surface area contributed by atoms with Crippen LogP contribution in [0.4, 0.5) is 12.9 Å². The van der Waals surface area contributed by atoms with Crippen LogP contribution in [0.1, 0.15) is 10.4 Å². The Morgan fingerprint density at radius 2 is 1.54 bits per heavy atom. The Hall–Kier alpha value is 0.381. The molecule has 0 aliphatic rings. The number of hydrogen-bond donors (Lipinski definition) is 0. The van der Waals surface area contributed by atoms with Crippen molar-refractivity contribution in [1.82, 2.24) is 0 Å². The molecular weight excluding hydrogens is 207 g/mol. The molecule has 1 aromatic carbocycles. The van der Waals surface area contributed by atoms with E-state index in [0.29, 0.717) is 0 Å². The molecule has 64 valence electrons. The van der Waals surface area contributed by atoms with Gasteiger partial charge in [0, 0.05) is 0 Å². The summed E-state index contributed by atoms with van der Waals surface area (Å²) in [6.07, 6.45) is 0.867. The van der Waals surface area contributed by atoms with Crippen LogP contribution in [0.15, 0.2) is 24.3 Å². The SMILES string of the molecule is FB(F)F.O=Cc1cc[c]([K])cc1. The number of halogens is 3. The van der Waals surface area contributed by atoms with E-state index in [0.717, 1.165) is 60.8 Å². The van der Waals surface area contributed by atoms with Crippen LogP contribution in [0.25, 0.3) is 0 Å². The third-order valence-corrected chi connectivity index (χ3v) is 2.25. The average Bonchev–Trinajstić information content (AvgIpc) is 2.05. The normalized spacial score (nSPS) is 8.38. The number of carbonyl (C=O) groups is 1. The van der Waals surface area contributed by atoms with Gasteiger partial charge in [-0.2, -0.15) is 0 Å². The second-order valence-electron chi connectivity index (χ2n) is 2.28. The van der Waals surface area contributed by atoms with Crippen molar-refractivity contribution in [2.45, 2.75) is 0 Å². The zero-order valence-corrected chi connectivity index (χ0v) is 10.1. The molecule has 0 unspecified atom stereocenters. The molecule has 0 aromatic heterocycles. The van der Waals surface area contributed by atoms with Gasteiger partial charge in [0.2, 0.25) is 0 Å². The van der Waals surface area contributed by atoms with Crippen LogP contribution >= 0.6 is 0 Å². The van der Waals surface area contributed by atoms with E-state index in [9.17, 15) is 17.7 Å². The van der Waals surface area contributed by atoms with E-state index in [-0.39, 0.29) is 0 Å². The number of aldehydes is 1. The van der Waals surface area contributed by atoms with E-state index < -0.39 is 7.54 Å². The van der Waals surface area contributed by atoms with Crippen molar-refractivity contribution in [2.24, 2.45) is 0 Å². The molecule has 13 heavy (non-hydrogen) atoms. The number of hydrogen-bond acceptors (Lipinski definition) is 1. The van der Waals surface area contributed by atoms with Crippen molar-refractivity contribution >= 4 is 62.4 Å². The van der Waals surface area contributed by atoms with Crippen LogP contribution in [0.3, 0.4) is 0 Å². The van der Waals surface area contributed by atoms with Crippen molar-refractivity contribution in [3.05, 3.63) is 29.8 Å². The molecule has 6 heteroatoms. The number of benzene rings is 1. The van der Waals surface area contributed by atoms with E-state index in [1.165, 1.54) is -0.342 Å². The molecule has 0 radical (unpaired) electrons. The summed E-state index contributed by atoms with van der Waals surface area (Å²) in [7, 11) is -3.67. The predicted molar refractivity (Wildman–Crippen MR) is 46.3 cm³/mol. The minimum atomic E-state index is -3.67. The van der Waals surface area contributed by atoms with Gasteiger partial charge < -0.3 is 0 Å². The minimum absolute atomic E-state index is 0.731. The predicted octanol–water partition coefficient (Wildman–Crippen LogP) is 1.17. The van der Waals surface area contributed by atoms with Crippen molar-refractivity contribution in [3.8, 4) is 0 Å². The van der Waals surface area contributed by atoms with Gasteiger partial charge in [0.25, 0.3) is 0 Å². The Morgan fingerprint density at radius 3 is 1.85 bits per heavy atom. The molecule has 0 fully saturated rings. The summed E-state index contributed by atoms with van der Waals surface area (Å²) in [6, 6.07) is 7.72. The van der Waals surface area contributed by atoms with Crippen molar-refractivity contribution in [3.63, 3.8) is 0 Å². The molecule has 0 N–H and O–H groups in total. The molecule has 0 heterocycles. The monoisotopic (exact) mass is 212 g/mol. The van der Waals surface area contributed by atoms with Gasteiger partial charge in [0.05, 0.1) is 0 Å². The Balaban J connectivity index is 0.000000310. The van der Waals surface area contributed by atoms with E-state index in [1.54, 1.807) is 0 Å². The summed E-state index contributed by atoms with van der Waals surface area (Å²) in [5.41, 5.74) is 0.767. The summed E-state index contributed by atoms with van der Waals surface area (Å²) in [5, 5.41) is 0. The molecule has 0 saturated heterocycles. The van der Waals surface area contributed by atoms with Crippen molar-refractivity contribution in [1.29, 1.82) is 0 Å². The topological polar surface area (TPSA) is 17.1 Å². The van der Waals surface area contributed by atoms with Crippen LogP contribution in [0.5, 0.6) is 0 Å². The zero-order chi connectivity index (χ0) is 10.3. The number of rotatable bonds is 1. The second-order valence-corrected chi connectivity index (χ2v) is 4.08. The molecule has 1 nitrogen and oxygen atoms in total. The first-order valence-corrected chi connectivity index (χ1v) is 5.06. The van der Waals surface area contributed by atoms with Gasteiger partial charge in [0.1, 0.15) is 0 Å². The van der Waals surface area contributed by atoms with Crippen LogP contribution in [-0.4, -0.2) is 62.8 Å². The van der Waals surface area contributed by atoms with E-state index in [2.05, 4.69) is 0 Å². The first-order chi connectivity index (χ1) is 6.06. The fourth-order valence-electron chi connectivity index (χ4n) is 0.645. The Kier molecular flexibility index (Phi) is 7.98. The van der Waals surface area contributed by atoms with E-state index in [4.69, 9.17) is 0 Å². The van der Waals surface area contributed by atoms with Crippen LogP contribution in [0, 0.1) is 0 Å². The average molecular weight is 212 g/mol. The Labute approximate surface area is 109 Å². The van der Waals surface area contributed by atoms with E-state index in [1.807, 2.05) is 24.3 Å². The Bertz CT molecular complexity index is 250. The van der Waals surface area contributed by atoms with Gasteiger partial charge in [0.15, 0.2) is 0 Å². The molecule has 1 rings (SSSR count). The maximum absolute atomic E-state index is 10.1. The molecule has 0 aliphatic heterocycles. The van der Waals surface area contributed by atoms with Gasteiger partial charge in [-0.1, -0.05) is 0 Å². The maximum atomic E-state index is 10.1. The number of carbonyl (C=O) groups excluding carboxylic acids is 1. The van der Waals surface area contributed by atoms with Crippen LogP contribution < -0.4 is -0.342 Å². The zero-order valence-electron chi connectivity index (χ0n) is 7.01. The molecule has 0 amide bonds. The standard InChI is InChI=1S/C7H5O.BF3.K/c8-6-7-4-2-1-3-5-7;2-1(3)4;/h2-6H;;. The van der Waals surface area contributed by atoms with Gasteiger partial charge in [-0.15, -0.1) is 0 Å². The molecular formula is C7H5BF3KO. The summed E-state index contributed by atoms with van der Waals surface area (Å²) in [6.45, 7) is 0. The van der Waals surface area contributed by atoms with Crippen LogP contribution in [0.2, 0.25) is 0 Å². The second kappa shape index (κ2) is 7.75. The van der Waals surface area contributed by atoms with Gasteiger partial charge >= 0.3 is 97.1 Å². The molecule has 0 bridgehead atoms.